The third kappa shape index (κ3) is 4.60. The van der Waals surface area contributed by atoms with E-state index in [-0.39, 0.29) is 0 Å². The van der Waals surface area contributed by atoms with Crippen molar-refractivity contribution in [2.45, 2.75) is 31.0 Å². The first kappa shape index (κ1) is 17.5. The second kappa shape index (κ2) is 8.16. The average molecular weight is 353 g/mol. The highest BCUT2D eigenvalue weighted by Crippen LogP contribution is 2.21. The average Bonchev–Trinajstić information content (AvgIpc) is 2.87. The molecule has 6 heteroatoms. The van der Waals surface area contributed by atoms with Crippen LogP contribution in [0.1, 0.15) is 22.5 Å². The molecule has 0 aliphatic rings. The molecule has 0 saturated carbocycles. The zero-order valence-corrected chi connectivity index (χ0v) is 15.7. The van der Waals surface area contributed by atoms with Gasteiger partial charge in [-0.3, -0.25) is 9.67 Å². The first-order valence-corrected chi connectivity index (χ1v) is 9.34. The lowest BCUT2D eigenvalue weighted by atomic mass is 10.1. The molecule has 1 aromatic carbocycles. The maximum Gasteiger partial charge on any atom is 0.145 e. The molecule has 25 heavy (non-hydrogen) atoms. The van der Waals surface area contributed by atoms with E-state index in [0.717, 1.165) is 35.3 Å². The molecule has 130 valence electrons. The minimum absolute atomic E-state index is 0.814. The normalized spacial score (nSPS) is 10.8. The minimum atomic E-state index is 0.814. The molecule has 0 aliphatic heterocycles. The number of aryl methyl sites for hydroxylation is 2. The van der Waals surface area contributed by atoms with Crippen LogP contribution in [0.3, 0.4) is 0 Å². The van der Waals surface area contributed by atoms with Crippen LogP contribution in [0.25, 0.3) is 0 Å². The Kier molecular flexibility index (Phi) is 5.71. The maximum absolute atomic E-state index is 4.64. The van der Waals surface area contributed by atoms with Gasteiger partial charge in [-0.05, 0) is 31.4 Å². The standard InChI is InChI=1S/C19H23N5S/c1-14-17(15(2)24(3)23-14)9-10-21-18-11-20-12-19(22-18)25-13-16-7-5-4-6-8-16/h4-8,11-12H,9-10,13H2,1-3H3,(H,21,22). The Labute approximate surface area is 152 Å². The van der Waals surface area contributed by atoms with Crippen LogP contribution in [-0.4, -0.2) is 26.3 Å². The van der Waals surface area contributed by atoms with E-state index in [9.17, 15) is 0 Å². The minimum Gasteiger partial charge on any atom is -0.368 e. The van der Waals surface area contributed by atoms with Crippen molar-refractivity contribution in [3.05, 3.63) is 65.2 Å². The van der Waals surface area contributed by atoms with E-state index in [1.807, 2.05) is 24.0 Å². The Hall–Kier alpha value is -2.34. The van der Waals surface area contributed by atoms with Crippen LogP contribution in [0.4, 0.5) is 5.82 Å². The quantitative estimate of drug-likeness (QED) is 0.655. The Morgan fingerprint density at radius 3 is 2.64 bits per heavy atom. The predicted octanol–water partition coefficient (Wildman–Crippen LogP) is 3.77. The van der Waals surface area contributed by atoms with Gasteiger partial charge in [0.25, 0.3) is 0 Å². The van der Waals surface area contributed by atoms with Crippen LogP contribution in [0.2, 0.25) is 0 Å². The van der Waals surface area contributed by atoms with E-state index in [4.69, 9.17) is 0 Å². The molecule has 3 rings (SSSR count). The summed E-state index contributed by atoms with van der Waals surface area (Å²) in [5, 5.41) is 8.77. The molecular formula is C19H23N5S. The zero-order chi connectivity index (χ0) is 17.6. The molecule has 0 spiro atoms. The van der Waals surface area contributed by atoms with Crippen LogP contribution in [0.15, 0.2) is 47.8 Å². The second-order valence-electron chi connectivity index (χ2n) is 5.97. The van der Waals surface area contributed by atoms with Gasteiger partial charge in [-0.25, -0.2) is 4.98 Å². The Morgan fingerprint density at radius 1 is 1.12 bits per heavy atom. The van der Waals surface area contributed by atoms with Crippen LogP contribution in [0, 0.1) is 13.8 Å². The lowest BCUT2D eigenvalue weighted by Gasteiger charge is -2.07. The molecule has 0 saturated heterocycles. The number of nitrogens with zero attached hydrogens (tertiary/aromatic N) is 4. The molecule has 0 bridgehead atoms. The molecule has 0 aliphatic carbocycles. The largest absolute Gasteiger partial charge is 0.368 e. The van der Waals surface area contributed by atoms with E-state index >= 15 is 0 Å². The predicted molar refractivity (Wildman–Crippen MR) is 103 cm³/mol. The fourth-order valence-electron chi connectivity index (χ4n) is 2.73. The van der Waals surface area contributed by atoms with Crippen molar-refractivity contribution in [3.8, 4) is 0 Å². The van der Waals surface area contributed by atoms with E-state index in [0.29, 0.717) is 0 Å². The summed E-state index contributed by atoms with van der Waals surface area (Å²) in [7, 11) is 1.98. The highest BCUT2D eigenvalue weighted by molar-refractivity contribution is 7.98. The molecule has 0 radical (unpaired) electrons. The molecule has 0 atom stereocenters. The van der Waals surface area contributed by atoms with Crippen molar-refractivity contribution in [1.82, 2.24) is 19.7 Å². The van der Waals surface area contributed by atoms with Gasteiger partial charge in [-0.2, -0.15) is 5.10 Å². The van der Waals surface area contributed by atoms with Gasteiger partial charge in [-0.1, -0.05) is 30.3 Å². The van der Waals surface area contributed by atoms with Crippen molar-refractivity contribution in [1.29, 1.82) is 0 Å². The van der Waals surface area contributed by atoms with Crippen LogP contribution in [0.5, 0.6) is 0 Å². The van der Waals surface area contributed by atoms with E-state index in [2.05, 4.69) is 58.5 Å². The molecule has 2 heterocycles. The third-order valence-electron chi connectivity index (χ3n) is 4.18. The van der Waals surface area contributed by atoms with Crippen molar-refractivity contribution < 1.29 is 0 Å². The Bertz CT molecular complexity index is 829. The highest BCUT2D eigenvalue weighted by Gasteiger charge is 2.09. The smallest absolute Gasteiger partial charge is 0.145 e. The van der Waals surface area contributed by atoms with E-state index in [1.54, 1.807) is 18.0 Å². The molecule has 3 aromatic rings. The maximum atomic E-state index is 4.64. The van der Waals surface area contributed by atoms with E-state index in [1.165, 1.54) is 16.8 Å². The van der Waals surface area contributed by atoms with Gasteiger partial charge in [0, 0.05) is 25.0 Å². The van der Waals surface area contributed by atoms with Crippen molar-refractivity contribution in [2.24, 2.45) is 7.05 Å². The number of benzene rings is 1. The number of hydrogen-bond acceptors (Lipinski definition) is 5. The molecular weight excluding hydrogens is 330 g/mol. The summed E-state index contributed by atoms with van der Waals surface area (Å²) in [6.45, 7) is 4.98. The number of thioether (sulfide) groups is 1. The molecule has 5 nitrogen and oxygen atoms in total. The Morgan fingerprint density at radius 2 is 1.92 bits per heavy atom. The van der Waals surface area contributed by atoms with Gasteiger partial charge < -0.3 is 5.32 Å². The van der Waals surface area contributed by atoms with Crippen LogP contribution < -0.4 is 5.32 Å². The topological polar surface area (TPSA) is 55.6 Å². The van der Waals surface area contributed by atoms with Crippen molar-refractivity contribution >= 4 is 17.6 Å². The lowest BCUT2D eigenvalue weighted by molar-refractivity contribution is 0.730. The van der Waals surface area contributed by atoms with Crippen molar-refractivity contribution in [2.75, 3.05) is 11.9 Å². The SMILES string of the molecule is Cc1nn(C)c(C)c1CCNc1cncc(SCc2ccccc2)n1. The summed E-state index contributed by atoms with van der Waals surface area (Å²) in [5.74, 6) is 1.71. The van der Waals surface area contributed by atoms with E-state index < -0.39 is 0 Å². The molecule has 1 N–H and O–H groups in total. The van der Waals surface area contributed by atoms with Gasteiger partial charge in [0.2, 0.25) is 0 Å². The monoisotopic (exact) mass is 353 g/mol. The van der Waals surface area contributed by atoms with Crippen LogP contribution in [-0.2, 0) is 19.2 Å². The number of aromatic nitrogens is 4. The number of rotatable bonds is 7. The van der Waals surface area contributed by atoms with Gasteiger partial charge in [0.15, 0.2) is 0 Å². The van der Waals surface area contributed by atoms with Crippen LogP contribution >= 0.6 is 11.8 Å². The lowest BCUT2D eigenvalue weighted by Crippen LogP contribution is -2.08. The Balaban J connectivity index is 1.55. The van der Waals surface area contributed by atoms with Gasteiger partial charge in [0.05, 0.1) is 18.1 Å². The molecule has 2 aromatic heterocycles. The highest BCUT2D eigenvalue weighted by atomic mass is 32.2. The molecule has 0 fully saturated rings. The van der Waals surface area contributed by atoms with Crippen molar-refractivity contribution in [3.63, 3.8) is 0 Å². The summed E-state index contributed by atoms with van der Waals surface area (Å²) in [4.78, 5) is 8.94. The molecule has 0 amide bonds. The fraction of sp³-hybridized carbons (Fsp3) is 0.316. The number of nitrogens with one attached hydrogen (secondary N) is 1. The fourth-order valence-corrected chi connectivity index (χ4v) is 3.53. The summed E-state index contributed by atoms with van der Waals surface area (Å²) in [6.07, 6.45) is 4.51. The third-order valence-corrected chi connectivity index (χ3v) is 5.15. The summed E-state index contributed by atoms with van der Waals surface area (Å²) in [6, 6.07) is 10.4. The first-order chi connectivity index (χ1) is 12.1. The summed E-state index contributed by atoms with van der Waals surface area (Å²) in [5.41, 5.74) is 4.91. The molecule has 0 unspecified atom stereocenters. The number of hydrogen-bond donors (Lipinski definition) is 1. The second-order valence-corrected chi connectivity index (χ2v) is 6.96. The number of anilines is 1. The van der Waals surface area contributed by atoms with Gasteiger partial charge in [0.1, 0.15) is 10.8 Å². The summed E-state index contributed by atoms with van der Waals surface area (Å²) >= 11 is 1.70. The van der Waals surface area contributed by atoms with Gasteiger partial charge in [-0.15, -0.1) is 11.8 Å². The zero-order valence-electron chi connectivity index (χ0n) is 14.9. The van der Waals surface area contributed by atoms with Gasteiger partial charge >= 0.3 is 0 Å². The first-order valence-electron chi connectivity index (χ1n) is 8.35. The summed E-state index contributed by atoms with van der Waals surface area (Å²) < 4.78 is 1.94.